The zero-order valence-electron chi connectivity index (χ0n) is 13.7. The predicted octanol–water partition coefficient (Wildman–Crippen LogP) is 3.58. The Kier molecular flexibility index (Phi) is 4.03. The second-order valence-electron chi connectivity index (χ2n) is 5.42. The number of hydrogen-bond acceptors (Lipinski definition) is 0. The van der Waals surface area contributed by atoms with Crippen LogP contribution in [0.5, 0.6) is 0 Å². The molecule has 1 heteroatoms. The third-order valence-corrected chi connectivity index (χ3v) is 4.19. The van der Waals surface area contributed by atoms with E-state index in [2.05, 4.69) is 73.1 Å². The molecule has 3 aromatic rings. The van der Waals surface area contributed by atoms with Crippen molar-refractivity contribution >= 4 is 40.7 Å². The van der Waals surface area contributed by atoms with Gasteiger partial charge in [-0.1, -0.05) is 73.9 Å². The molecule has 0 unspecified atom stereocenters. The fourth-order valence-corrected chi connectivity index (χ4v) is 3.31. The van der Waals surface area contributed by atoms with E-state index in [1.807, 2.05) is 25.2 Å². The van der Waals surface area contributed by atoms with E-state index >= 15 is 0 Å². The molecule has 0 atom stereocenters. The molecule has 0 radical (unpaired) electrons. The van der Waals surface area contributed by atoms with E-state index in [0.29, 0.717) is 0 Å². The highest BCUT2D eigenvalue weighted by Crippen LogP contribution is 2.16. The van der Waals surface area contributed by atoms with Crippen LogP contribution in [0.3, 0.4) is 0 Å². The van der Waals surface area contributed by atoms with Crippen LogP contribution in [0.2, 0.25) is 0 Å². The van der Waals surface area contributed by atoms with E-state index in [1.165, 1.54) is 37.8 Å². The van der Waals surface area contributed by atoms with Crippen molar-refractivity contribution in [2.45, 2.75) is 13.8 Å². The van der Waals surface area contributed by atoms with Gasteiger partial charge in [0.05, 0.1) is 11.0 Å². The van der Waals surface area contributed by atoms with Crippen molar-refractivity contribution < 1.29 is 0 Å². The molecule has 0 N–H and O–H groups in total. The highest BCUT2D eigenvalue weighted by molar-refractivity contribution is 5.93. The van der Waals surface area contributed by atoms with Crippen LogP contribution in [0.4, 0.5) is 0 Å². The first-order valence-electron chi connectivity index (χ1n) is 7.87. The second-order valence-corrected chi connectivity index (χ2v) is 5.42. The van der Waals surface area contributed by atoms with Crippen LogP contribution >= 0.6 is 0 Å². The van der Waals surface area contributed by atoms with Gasteiger partial charge in [0.15, 0.2) is 0 Å². The molecule has 0 amide bonds. The summed E-state index contributed by atoms with van der Waals surface area (Å²) in [5.74, 6) is 0. The summed E-state index contributed by atoms with van der Waals surface area (Å²) in [5.41, 5.74) is 3.58. The molecule has 0 bridgehead atoms. The molecule has 23 heavy (non-hydrogen) atoms. The number of hydrogen-bond donors (Lipinski definition) is 0. The summed E-state index contributed by atoms with van der Waals surface area (Å²) in [7, 11) is 0. The third-order valence-electron chi connectivity index (χ3n) is 4.19. The molecule has 0 fully saturated rings. The van der Waals surface area contributed by atoms with Crippen molar-refractivity contribution in [1.82, 2.24) is 4.40 Å². The highest BCUT2D eigenvalue weighted by atomic mass is 14.9. The van der Waals surface area contributed by atoms with Crippen molar-refractivity contribution in [3.05, 3.63) is 77.0 Å². The summed E-state index contributed by atoms with van der Waals surface area (Å²) < 4.78 is 2.33. The zero-order valence-corrected chi connectivity index (χ0v) is 13.7. The van der Waals surface area contributed by atoms with E-state index in [9.17, 15) is 0 Å². The van der Waals surface area contributed by atoms with Crippen molar-refractivity contribution in [2.24, 2.45) is 0 Å². The van der Waals surface area contributed by atoms with E-state index < -0.39 is 0 Å². The van der Waals surface area contributed by atoms with Gasteiger partial charge in [-0.25, -0.2) is 0 Å². The van der Waals surface area contributed by atoms with Crippen LogP contribution in [0.1, 0.15) is 19.4 Å². The smallest absolute Gasteiger partial charge is 0.0620 e. The fourth-order valence-electron chi connectivity index (χ4n) is 3.31. The fraction of sp³-hybridized carbons (Fsp3) is 0.0909. The Morgan fingerprint density at radius 2 is 1.78 bits per heavy atom. The maximum absolute atomic E-state index is 4.06. The van der Waals surface area contributed by atoms with Gasteiger partial charge in [0.25, 0.3) is 0 Å². The van der Waals surface area contributed by atoms with Gasteiger partial charge < -0.3 is 4.40 Å². The minimum atomic E-state index is 1.17. The molecule has 1 nitrogen and oxygen atoms in total. The summed E-state index contributed by atoms with van der Waals surface area (Å²) >= 11 is 0. The summed E-state index contributed by atoms with van der Waals surface area (Å²) in [6.45, 7) is 12.1. The Bertz CT molecular complexity index is 1100. The maximum Gasteiger partial charge on any atom is 0.0620 e. The molecule has 0 aliphatic heterocycles. The Balaban J connectivity index is 2.78. The molecule has 2 heterocycles. The van der Waals surface area contributed by atoms with Crippen LogP contribution in [0.25, 0.3) is 40.7 Å². The van der Waals surface area contributed by atoms with Crippen LogP contribution in [0.15, 0.2) is 55.7 Å². The average molecular weight is 299 g/mol. The predicted molar refractivity (Wildman–Crippen MR) is 104 cm³/mol. The van der Waals surface area contributed by atoms with E-state index in [1.54, 1.807) is 0 Å². The molecule has 2 aromatic heterocycles. The lowest BCUT2D eigenvalue weighted by molar-refractivity contribution is 1.21. The molecule has 0 aliphatic carbocycles. The van der Waals surface area contributed by atoms with Gasteiger partial charge in [-0.05, 0) is 19.9 Å². The number of nitrogens with zero attached hydrogens (tertiary/aromatic N) is 1. The van der Waals surface area contributed by atoms with Gasteiger partial charge in [0.1, 0.15) is 0 Å². The number of benzene rings is 1. The number of rotatable bonds is 3. The topological polar surface area (TPSA) is 4.41 Å². The minimum Gasteiger partial charge on any atom is -0.308 e. The molecule has 0 spiro atoms. The first-order valence-corrected chi connectivity index (χ1v) is 7.87. The summed E-state index contributed by atoms with van der Waals surface area (Å²) in [5, 5.41) is 4.85. The minimum absolute atomic E-state index is 1.17. The lowest BCUT2D eigenvalue weighted by atomic mass is 10.1. The van der Waals surface area contributed by atoms with Gasteiger partial charge in [-0.3, -0.25) is 0 Å². The molecular formula is C22H21N. The lowest BCUT2D eigenvalue weighted by Gasteiger charge is -1.92. The van der Waals surface area contributed by atoms with Crippen LogP contribution < -0.4 is 15.8 Å². The number of aromatic nitrogens is 1. The molecule has 114 valence electrons. The van der Waals surface area contributed by atoms with Gasteiger partial charge in [-0.15, -0.1) is 0 Å². The normalized spacial score (nSPS) is 14.6. The van der Waals surface area contributed by atoms with Crippen LogP contribution in [-0.4, -0.2) is 4.40 Å². The Hall–Kier alpha value is -2.80. The largest absolute Gasteiger partial charge is 0.308 e. The van der Waals surface area contributed by atoms with Crippen molar-refractivity contribution in [1.29, 1.82) is 0 Å². The van der Waals surface area contributed by atoms with E-state index in [4.69, 9.17) is 0 Å². The van der Waals surface area contributed by atoms with Gasteiger partial charge >= 0.3 is 0 Å². The Labute approximate surface area is 136 Å². The molecular weight excluding hydrogens is 278 g/mol. The number of allylic oxidation sites excluding steroid dienone is 3. The molecule has 0 saturated heterocycles. The number of para-hydroxylation sites is 1. The van der Waals surface area contributed by atoms with E-state index in [0.717, 1.165) is 0 Å². The van der Waals surface area contributed by atoms with Crippen molar-refractivity contribution in [3.63, 3.8) is 0 Å². The summed E-state index contributed by atoms with van der Waals surface area (Å²) in [4.78, 5) is 0. The van der Waals surface area contributed by atoms with Crippen LogP contribution in [-0.2, 0) is 0 Å². The molecule has 3 rings (SSSR count). The first kappa shape index (κ1) is 15.1. The number of fused-ring (bicyclic) bond motifs is 3. The van der Waals surface area contributed by atoms with Crippen LogP contribution in [0, 0.1) is 0 Å². The quantitative estimate of drug-likeness (QED) is 0.696. The second kappa shape index (κ2) is 6.13. The lowest BCUT2D eigenvalue weighted by Crippen LogP contribution is -2.26. The monoisotopic (exact) mass is 299 g/mol. The third kappa shape index (κ3) is 2.17. The first-order chi connectivity index (χ1) is 11.3. The van der Waals surface area contributed by atoms with Gasteiger partial charge in [0.2, 0.25) is 0 Å². The molecule has 1 aromatic carbocycles. The van der Waals surface area contributed by atoms with Gasteiger partial charge in [0, 0.05) is 26.7 Å². The molecule has 0 saturated carbocycles. The van der Waals surface area contributed by atoms with Crippen molar-refractivity contribution in [2.75, 3.05) is 0 Å². The average Bonchev–Trinajstić information content (AvgIpc) is 3.06. The summed E-state index contributed by atoms with van der Waals surface area (Å²) in [6.07, 6.45) is 14.3. The zero-order chi connectivity index (χ0) is 16.4. The van der Waals surface area contributed by atoms with Gasteiger partial charge in [-0.2, -0.15) is 0 Å². The maximum atomic E-state index is 4.06. The highest BCUT2D eigenvalue weighted by Gasteiger charge is 2.13. The Morgan fingerprint density at radius 1 is 1.00 bits per heavy atom. The molecule has 0 aliphatic rings. The standard InChI is InChI=1S/C22H21N/c1-5-9-13-17-16(7-3)22-19(12-6-2)18-14-10-11-15-21(18)23(22)20(17)8-4/h5-15H,2-3H2,1,4H3/b9-5-,17-13-,19-12-,20-8+. The SMILES string of the molecule is C=C/C=c1/c2ccccc2n2c(=C/C)/c(=C\C=C/C)c(C=C)c12. The Morgan fingerprint density at radius 3 is 2.43 bits per heavy atom. The summed E-state index contributed by atoms with van der Waals surface area (Å²) in [6, 6.07) is 8.50. The van der Waals surface area contributed by atoms with E-state index in [-0.39, 0.29) is 0 Å². The van der Waals surface area contributed by atoms with Crippen molar-refractivity contribution in [3.8, 4) is 0 Å².